The largest absolute Gasteiger partial charge is 0.366 e. The van der Waals surface area contributed by atoms with Crippen molar-refractivity contribution in [2.75, 3.05) is 5.32 Å². The van der Waals surface area contributed by atoms with E-state index < -0.39 is 0 Å². The number of benzene rings is 3. The summed E-state index contributed by atoms with van der Waals surface area (Å²) in [6.07, 6.45) is 2.65. The van der Waals surface area contributed by atoms with Gasteiger partial charge in [0.1, 0.15) is 5.82 Å². The summed E-state index contributed by atoms with van der Waals surface area (Å²) in [7, 11) is 0. The number of nitrogens with zero attached hydrogens (tertiary/aromatic N) is 3. The molecule has 5 aromatic rings. The second kappa shape index (κ2) is 10.6. The molecule has 190 valence electrons. The quantitative estimate of drug-likeness (QED) is 0.209. The Labute approximate surface area is 234 Å². The molecule has 6 rings (SSSR count). The molecule has 1 aliphatic carbocycles. The number of hydrogen-bond donors (Lipinski definition) is 2. The van der Waals surface area contributed by atoms with E-state index in [2.05, 4.69) is 55.9 Å². The van der Waals surface area contributed by atoms with Gasteiger partial charge < -0.3 is 10.6 Å². The summed E-state index contributed by atoms with van der Waals surface area (Å²) in [5, 5.41) is 11.7. The number of nitrogens with one attached hydrogen (secondary N) is 2. The minimum Gasteiger partial charge on any atom is -0.366 e. The van der Waals surface area contributed by atoms with Gasteiger partial charge in [-0.3, -0.25) is 4.79 Å². The zero-order valence-electron chi connectivity index (χ0n) is 20.4. The lowest BCUT2D eigenvalue weighted by Crippen LogP contribution is -2.25. The predicted molar refractivity (Wildman–Crippen MR) is 154 cm³/mol. The molecule has 0 spiro atoms. The van der Waals surface area contributed by atoms with Gasteiger partial charge in [-0.25, -0.2) is 4.98 Å². The molecule has 0 aliphatic heterocycles. The van der Waals surface area contributed by atoms with E-state index in [9.17, 15) is 4.79 Å². The Kier molecular flexibility index (Phi) is 6.87. The number of hydrogen-bond acceptors (Lipinski definition) is 4. The SMILES string of the molecule is O=C(NCc1cccc(CNc2cc(-c3ccccc3Cl)nc3c(Br)cnn23)c1)C1CC1c1ccccc1. The third-order valence-electron chi connectivity index (χ3n) is 6.87. The summed E-state index contributed by atoms with van der Waals surface area (Å²) < 4.78 is 2.57. The van der Waals surface area contributed by atoms with Crippen LogP contribution in [0.5, 0.6) is 0 Å². The van der Waals surface area contributed by atoms with Gasteiger partial charge in [0, 0.05) is 35.7 Å². The maximum atomic E-state index is 12.7. The molecule has 6 nitrogen and oxygen atoms in total. The summed E-state index contributed by atoms with van der Waals surface area (Å²) in [4.78, 5) is 17.5. The molecule has 2 unspecified atom stereocenters. The number of fused-ring (bicyclic) bond motifs is 1. The van der Waals surface area contributed by atoms with Crippen LogP contribution in [0, 0.1) is 5.92 Å². The van der Waals surface area contributed by atoms with E-state index in [0.717, 1.165) is 39.1 Å². The van der Waals surface area contributed by atoms with Crippen LogP contribution in [0.4, 0.5) is 5.82 Å². The minimum absolute atomic E-state index is 0.0667. The molecule has 1 saturated carbocycles. The van der Waals surface area contributed by atoms with Crippen molar-refractivity contribution in [2.24, 2.45) is 5.92 Å². The van der Waals surface area contributed by atoms with E-state index in [-0.39, 0.29) is 11.8 Å². The molecule has 8 heteroatoms. The summed E-state index contributed by atoms with van der Waals surface area (Å²) in [5.74, 6) is 1.33. The molecule has 3 aromatic carbocycles. The Morgan fingerprint density at radius 2 is 1.74 bits per heavy atom. The lowest BCUT2D eigenvalue weighted by atomic mass is 10.1. The lowest BCUT2D eigenvalue weighted by Gasteiger charge is -2.12. The third-order valence-corrected chi connectivity index (χ3v) is 7.75. The fourth-order valence-corrected chi connectivity index (χ4v) is 5.37. The number of anilines is 1. The van der Waals surface area contributed by atoms with Crippen molar-refractivity contribution in [2.45, 2.75) is 25.4 Å². The molecule has 38 heavy (non-hydrogen) atoms. The van der Waals surface area contributed by atoms with Crippen molar-refractivity contribution in [3.05, 3.63) is 117 Å². The first-order valence-electron chi connectivity index (χ1n) is 12.5. The maximum Gasteiger partial charge on any atom is 0.224 e. The average Bonchev–Trinajstić information content (AvgIpc) is 3.67. The van der Waals surface area contributed by atoms with E-state index in [0.29, 0.717) is 29.7 Å². The number of aromatic nitrogens is 3. The van der Waals surface area contributed by atoms with Gasteiger partial charge in [-0.2, -0.15) is 9.61 Å². The van der Waals surface area contributed by atoms with Crippen molar-refractivity contribution >= 4 is 44.9 Å². The molecule has 2 heterocycles. The Morgan fingerprint density at radius 3 is 2.55 bits per heavy atom. The van der Waals surface area contributed by atoms with Crippen LogP contribution in [0.25, 0.3) is 16.9 Å². The Balaban J connectivity index is 1.14. The zero-order chi connectivity index (χ0) is 26.1. The Bertz CT molecular complexity index is 1620. The maximum absolute atomic E-state index is 12.7. The van der Waals surface area contributed by atoms with E-state index in [1.54, 1.807) is 10.7 Å². The number of halogens is 2. The highest BCUT2D eigenvalue weighted by Gasteiger charge is 2.43. The van der Waals surface area contributed by atoms with Gasteiger partial charge in [0.2, 0.25) is 5.91 Å². The first-order chi connectivity index (χ1) is 18.6. The van der Waals surface area contributed by atoms with Crippen LogP contribution in [-0.4, -0.2) is 20.5 Å². The fourth-order valence-electron chi connectivity index (χ4n) is 4.78. The second-order valence-corrected chi connectivity index (χ2v) is 10.7. The van der Waals surface area contributed by atoms with E-state index in [1.165, 1.54) is 5.56 Å². The summed E-state index contributed by atoms with van der Waals surface area (Å²) in [6, 6.07) is 28.1. The van der Waals surface area contributed by atoms with Gasteiger partial charge >= 0.3 is 0 Å². The van der Waals surface area contributed by atoms with Crippen LogP contribution in [0.15, 0.2) is 95.6 Å². The monoisotopic (exact) mass is 585 g/mol. The van der Waals surface area contributed by atoms with Crippen LogP contribution >= 0.6 is 27.5 Å². The van der Waals surface area contributed by atoms with Crippen LogP contribution < -0.4 is 10.6 Å². The molecule has 2 aromatic heterocycles. The summed E-state index contributed by atoms with van der Waals surface area (Å²) in [6.45, 7) is 1.09. The molecule has 1 aliphatic rings. The molecule has 2 N–H and O–H groups in total. The van der Waals surface area contributed by atoms with Crippen molar-refractivity contribution in [1.82, 2.24) is 19.9 Å². The molecule has 0 saturated heterocycles. The highest BCUT2D eigenvalue weighted by molar-refractivity contribution is 9.10. The van der Waals surface area contributed by atoms with Crippen molar-refractivity contribution in [3.63, 3.8) is 0 Å². The highest BCUT2D eigenvalue weighted by Crippen LogP contribution is 2.47. The normalized spacial score (nSPS) is 16.4. The van der Waals surface area contributed by atoms with Crippen molar-refractivity contribution in [1.29, 1.82) is 0 Å². The average molecular weight is 587 g/mol. The zero-order valence-corrected chi connectivity index (χ0v) is 22.8. The van der Waals surface area contributed by atoms with Crippen molar-refractivity contribution < 1.29 is 4.79 Å². The first-order valence-corrected chi connectivity index (χ1v) is 13.7. The van der Waals surface area contributed by atoms with Gasteiger partial charge in [0.15, 0.2) is 5.65 Å². The highest BCUT2D eigenvalue weighted by atomic mass is 79.9. The third kappa shape index (κ3) is 5.17. The number of amides is 1. The van der Waals surface area contributed by atoms with Gasteiger partial charge in [0.05, 0.1) is 16.4 Å². The van der Waals surface area contributed by atoms with E-state index in [4.69, 9.17) is 16.6 Å². The van der Waals surface area contributed by atoms with Gasteiger partial charge in [0.25, 0.3) is 0 Å². The summed E-state index contributed by atoms with van der Waals surface area (Å²) in [5.41, 5.74) is 5.73. The summed E-state index contributed by atoms with van der Waals surface area (Å²) >= 11 is 10.0. The topological polar surface area (TPSA) is 71.3 Å². The van der Waals surface area contributed by atoms with Gasteiger partial charge in [-0.1, -0.05) is 84.4 Å². The second-order valence-electron chi connectivity index (χ2n) is 9.49. The van der Waals surface area contributed by atoms with E-state index in [1.807, 2.05) is 60.7 Å². The standard InChI is InChI=1S/C30H25BrClN5O/c31-25-18-35-37-28(15-27(36-29(25)37)22-11-4-5-12-26(22)32)33-16-19-7-6-8-20(13-19)17-34-30(38)24-14-23(24)21-9-2-1-3-10-21/h1-13,15,18,23-24,33H,14,16-17H2,(H,34,38). The molecule has 1 amide bonds. The smallest absolute Gasteiger partial charge is 0.224 e. The molecule has 0 bridgehead atoms. The molecular weight excluding hydrogens is 562 g/mol. The molecule has 0 radical (unpaired) electrons. The fraction of sp³-hybridized carbons (Fsp3) is 0.167. The molecular formula is C30H25BrClN5O. The van der Waals surface area contributed by atoms with Crippen LogP contribution in [-0.2, 0) is 17.9 Å². The Morgan fingerprint density at radius 1 is 0.974 bits per heavy atom. The lowest BCUT2D eigenvalue weighted by molar-refractivity contribution is -0.122. The minimum atomic E-state index is 0.0667. The number of carbonyl (C=O) groups excluding carboxylic acids is 1. The Hall–Kier alpha value is -3.68. The van der Waals surface area contributed by atoms with Gasteiger partial charge in [-0.05, 0) is 51.0 Å². The van der Waals surface area contributed by atoms with Crippen molar-refractivity contribution in [3.8, 4) is 11.3 Å². The number of rotatable bonds is 8. The molecule has 2 atom stereocenters. The van der Waals surface area contributed by atoms with Gasteiger partial charge in [-0.15, -0.1) is 0 Å². The van der Waals surface area contributed by atoms with Crippen LogP contribution in [0.1, 0.15) is 29.0 Å². The molecule has 1 fully saturated rings. The number of carbonyl (C=O) groups is 1. The van der Waals surface area contributed by atoms with Crippen LogP contribution in [0.3, 0.4) is 0 Å². The predicted octanol–water partition coefficient (Wildman–Crippen LogP) is 6.84. The van der Waals surface area contributed by atoms with Crippen LogP contribution in [0.2, 0.25) is 5.02 Å². The first kappa shape index (κ1) is 24.6. The van der Waals surface area contributed by atoms with E-state index >= 15 is 0 Å².